The number of benzene rings is 1. The van der Waals surface area contributed by atoms with E-state index in [-0.39, 0.29) is 5.41 Å². The van der Waals surface area contributed by atoms with Gasteiger partial charge in [0.1, 0.15) is 0 Å². The number of nitrogens with two attached hydrogens (primary N) is 1. The van der Waals surface area contributed by atoms with Gasteiger partial charge in [-0.15, -0.1) is 0 Å². The summed E-state index contributed by atoms with van der Waals surface area (Å²) in [7, 11) is 0. The van der Waals surface area contributed by atoms with Gasteiger partial charge in [0.25, 0.3) is 5.89 Å². The lowest BCUT2D eigenvalue weighted by molar-refractivity contribution is 0.402. The summed E-state index contributed by atoms with van der Waals surface area (Å²) in [6.07, 6.45) is 0. The third-order valence-electron chi connectivity index (χ3n) is 2.26. The van der Waals surface area contributed by atoms with E-state index in [0.717, 1.165) is 5.56 Å². The van der Waals surface area contributed by atoms with Crippen molar-refractivity contribution in [2.24, 2.45) is 0 Å². The number of rotatable bonds is 1. The highest BCUT2D eigenvalue weighted by Gasteiger charge is 2.21. The van der Waals surface area contributed by atoms with Crippen molar-refractivity contribution >= 4 is 17.3 Å². The molecule has 0 aliphatic carbocycles. The maximum absolute atomic E-state index is 5.93. The molecule has 0 aliphatic heterocycles. The highest BCUT2D eigenvalue weighted by atomic mass is 35.5. The molecule has 1 aromatic heterocycles. The Labute approximate surface area is 105 Å². The molecule has 1 aromatic carbocycles. The number of anilines is 1. The van der Waals surface area contributed by atoms with Crippen LogP contribution in [0.4, 0.5) is 5.69 Å². The minimum absolute atomic E-state index is 0.147. The van der Waals surface area contributed by atoms with Crippen LogP contribution in [0, 0.1) is 0 Å². The zero-order valence-electron chi connectivity index (χ0n) is 9.99. The Bertz CT molecular complexity index is 523. The van der Waals surface area contributed by atoms with Crippen molar-refractivity contribution in [3.63, 3.8) is 0 Å². The highest BCUT2D eigenvalue weighted by Crippen LogP contribution is 2.27. The summed E-state index contributed by atoms with van der Waals surface area (Å²) in [6.45, 7) is 6.07. The summed E-state index contributed by atoms with van der Waals surface area (Å²) < 4.78 is 5.21. The fraction of sp³-hybridized carbons (Fsp3) is 0.333. The number of hydrogen-bond donors (Lipinski definition) is 1. The van der Waals surface area contributed by atoms with Crippen LogP contribution >= 0.6 is 11.6 Å². The lowest BCUT2D eigenvalue weighted by Gasteiger charge is -2.10. The molecular weight excluding hydrogens is 238 g/mol. The normalized spacial score (nSPS) is 11.8. The quantitative estimate of drug-likeness (QED) is 0.790. The number of nitrogens with zero attached hydrogens (tertiary/aromatic N) is 2. The van der Waals surface area contributed by atoms with E-state index in [0.29, 0.717) is 22.4 Å². The van der Waals surface area contributed by atoms with Gasteiger partial charge in [0.15, 0.2) is 5.82 Å². The first-order chi connectivity index (χ1) is 7.86. The number of nitrogen functional groups attached to an aromatic ring is 1. The molecule has 2 N–H and O–H groups in total. The van der Waals surface area contributed by atoms with Gasteiger partial charge < -0.3 is 10.3 Å². The van der Waals surface area contributed by atoms with Gasteiger partial charge in [-0.05, 0) is 18.2 Å². The molecule has 4 nitrogen and oxygen atoms in total. The molecule has 0 atom stereocenters. The molecule has 2 rings (SSSR count). The molecule has 17 heavy (non-hydrogen) atoms. The Balaban J connectivity index is 2.44. The van der Waals surface area contributed by atoms with Crippen LogP contribution in [-0.4, -0.2) is 10.1 Å². The molecule has 0 spiro atoms. The van der Waals surface area contributed by atoms with Crippen LogP contribution in [0.3, 0.4) is 0 Å². The lowest BCUT2D eigenvalue weighted by Crippen LogP contribution is -2.13. The van der Waals surface area contributed by atoms with Crippen LogP contribution in [0.5, 0.6) is 0 Å². The second kappa shape index (κ2) is 4.04. The summed E-state index contributed by atoms with van der Waals surface area (Å²) in [6, 6.07) is 5.18. The summed E-state index contributed by atoms with van der Waals surface area (Å²) in [5, 5.41) is 4.50. The minimum Gasteiger partial charge on any atom is -0.399 e. The number of aromatic nitrogens is 2. The first kappa shape index (κ1) is 11.9. The molecule has 1 heterocycles. The van der Waals surface area contributed by atoms with E-state index >= 15 is 0 Å². The van der Waals surface area contributed by atoms with E-state index in [1.807, 2.05) is 20.8 Å². The van der Waals surface area contributed by atoms with Gasteiger partial charge in [-0.2, -0.15) is 4.98 Å². The van der Waals surface area contributed by atoms with E-state index in [9.17, 15) is 0 Å². The van der Waals surface area contributed by atoms with E-state index in [1.165, 1.54) is 0 Å². The molecule has 0 bridgehead atoms. The van der Waals surface area contributed by atoms with E-state index < -0.39 is 0 Å². The molecule has 0 unspecified atom stereocenters. The van der Waals surface area contributed by atoms with Crippen molar-refractivity contribution in [3.8, 4) is 11.5 Å². The van der Waals surface area contributed by atoms with Gasteiger partial charge in [-0.25, -0.2) is 0 Å². The maximum atomic E-state index is 5.93. The van der Waals surface area contributed by atoms with E-state index in [1.54, 1.807) is 18.2 Å². The monoisotopic (exact) mass is 251 g/mol. The molecule has 2 aromatic rings. The Kier molecular flexibility index (Phi) is 2.83. The largest absolute Gasteiger partial charge is 0.399 e. The topological polar surface area (TPSA) is 64.9 Å². The third kappa shape index (κ3) is 2.58. The Morgan fingerprint density at radius 1 is 1.24 bits per heavy atom. The number of halogens is 1. The predicted molar refractivity (Wildman–Crippen MR) is 67.9 cm³/mol. The zero-order valence-corrected chi connectivity index (χ0v) is 10.7. The smallest absolute Gasteiger partial charge is 0.258 e. The molecule has 0 aliphatic rings. The standard InChI is InChI=1S/C12H14ClN3O/c1-12(2,3)11-15-10(17-16-11)7-4-8(13)6-9(14)5-7/h4-6H,14H2,1-3H3. The average Bonchev–Trinajstić information content (AvgIpc) is 2.63. The molecule has 0 saturated heterocycles. The van der Waals surface area contributed by atoms with Crippen LogP contribution in [0.25, 0.3) is 11.5 Å². The van der Waals surface area contributed by atoms with Crippen molar-refractivity contribution in [3.05, 3.63) is 29.0 Å². The van der Waals surface area contributed by atoms with Crippen molar-refractivity contribution in [1.29, 1.82) is 0 Å². The molecule has 90 valence electrons. The second-order valence-corrected chi connectivity index (χ2v) is 5.38. The molecule has 0 radical (unpaired) electrons. The summed E-state index contributed by atoms with van der Waals surface area (Å²) in [4.78, 5) is 4.34. The van der Waals surface area contributed by atoms with Crippen molar-refractivity contribution in [2.75, 3.05) is 5.73 Å². The lowest BCUT2D eigenvalue weighted by atomic mass is 9.96. The van der Waals surface area contributed by atoms with Gasteiger partial charge in [0.05, 0.1) is 0 Å². The molecule has 5 heteroatoms. The van der Waals surface area contributed by atoms with E-state index in [2.05, 4.69) is 10.1 Å². The van der Waals surface area contributed by atoms with Gasteiger partial charge in [0.2, 0.25) is 0 Å². The van der Waals surface area contributed by atoms with Gasteiger partial charge in [-0.3, -0.25) is 0 Å². The van der Waals surface area contributed by atoms with Gasteiger partial charge in [0, 0.05) is 21.7 Å². The molecule has 0 fully saturated rings. The third-order valence-corrected chi connectivity index (χ3v) is 2.48. The van der Waals surface area contributed by atoms with Crippen molar-refractivity contribution in [2.45, 2.75) is 26.2 Å². The van der Waals surface area contributed by atoms with Crippen LogP contribution in [0.1, 0.15) is 26.6 Å². The first-order valence-electron chi connectivity index (χ1n) is 5.27. The summed E-state index contributed by atoms with van der Waals surface area (Å²) in [5.41, 5.74) is 6.87. The summed E-state index contributed by atoms with van der Waals surface area (Å²) in [5.74, 6) is 1.09. The Morgan fingerprint density at radius 3 is 2.47 bits per heavy atom. The first-order valence-corrected chi connectivity index (χ1v) is 5.65. The number of hydrogen-bond acceptors (Lipinski definition) is 4. The zero-order chi connectivity index (χ0) is 12.6. The van der Waals surface area contributed by atoms with Crippen molar-refractivity contribution < 1.29 is 4.52 Å². The van der Waals surface area contributed by atoms with Crippen LogP contribution in [0.15, 0.2) is 22.7 Å². The fourth-order valence-electron chi connectivity index (χ4n) is 1.38. The Morgan fingerprint density at radius 2 is 1.94 bits per heavy atom. The molecular formula is C12H14ClN3O. The predicted octanol–water partition coefficient (Wildman–Crippen LogP) is 3.27. The maximum Gasteiger partial charge on any atom is 0.258 e. The molecule has 0 amide bonds. The van der Waals surface area contributed by atoms with Gasteiger partial charge >= 0.3 is 0 Å². The fourth-order valence-corrected chi connectivity index (χ4v) is 1.62. The second-order valence-electron chi connectivity index (χ2n) is 4.95. The highest BCUT2D eigenvalue weighted by molar-refractivity contribution is 6.31. The van der Waals surface area contributed by atoms with Crippen LogP contribution < -0.4 is 5.73 Å². The summed E-state index contributed by atoms with van der Waals surface area (Å²) >= 11 is 5.93. The molecule has 0 saturated carbocycles. The van der Waals surface area contributed by atoms with Crippen LogP contribution in [0.2, 0.25) is 5.02 Å². The van der Waals surface area contributed by atoms with Crippen molar-refractivity contribution in [1.82, 2.24) is 10.1 Å². The Hall–Kier alpha value is -1.55. The van der Waals surface area contributed by atoms with Crippen LogP contribution in [-0.2, 0) is 5.41 Å². The van der Waals surface area contributed by atoms with E-state index in [4.69, 9.17) is 21.9 Å². The van der Waals surface area contributed by atoms with Gasteiger partial charge in [-0.1, -0.05) is 37.5 Å². The minimum atomic E-state index is -0.147. The average molecular weight is 252 g/mol. The SMILES string of the molecule is CC(C)(C)c1noc(-c2cc(N)cc(Cl)c2)n1.